The van der Waals surface area contributed by atoms with E-state index in [1.807, 2.05) is 20.8 Å². The molecule has 0 saturated carbocycles. The minimum absolute atomic E-state index is 0. The van der Waals surface area contributed by atoms with Crippen LogP contribution in [0.4, 0.5) is 4.79 Å². The molecular formula is C23H41IN6O2. The monoisotopic (exact) mass is 560 g/mol. The van der Waals surface area contributed by atoms with Crippen LogP contribution in [0.25, 0.3) is 0 Å². The first-order valence-electron chi connectivity index (χ1n) is 11.2. The summed E-state index contributed by atoms with van der Waals surface area (Å²) in [6.45, 7) is 13.1. The van der Waals surface area contributed by atoms with Crippen LogP contribution in [0.15, 0.2) is 29.3 Å². The summed E-state index contributed by atoms with van der Waals surface area (Å²) >= 11 is 0. The van der Waals surface area contributed by atoms with Crippen LogP contribution in [0.1, 0.15) is 38.3 Å². The molecule has 0 aliphatic carbocycles. The Morgan fingerprint density at radius 1 is 1.00 bits per heavy atom. The van der Waals surface area contributed by atoms with Gasteiger partial charge in [-0.25, -0.2) is 4.79 Å². The Labute approximate surface area is 210 Å². The van der Waals surface area contributed by atoms with Gasteiger partial charge in [0.05, 0.1) is 0 Å². The Bertz CT molecular complexity index is 697. The Balaban J connectivity index is 0.00000512. The molecule has 1 aliphatic rings. The highest BCUT2D eigenvalue weighted by Gasteiger charge is 2.15. The molecule has 32 heavy (non-hydrogen) atoms. The summed E-state index contributed by atoms with van der Waals surface area (Å²) in [5, 5.41) is 9.36. The van der Waals surface area contributed by atoms with Crippen molar-refractivity contribution < 1.29 is 9.53 Å². The van der Waals surface area contributed by atoms with Crippen LogP contribution < -0.4 is 16.0 Å². The van der Waals surface area contributed by atoms with Crippen molar-refractivity contribution >= 4 is 36.0 Å². The van der Waals surface area contributed by atoms with Gasteiger partial charge in [0, 0.05) is 59.4 Å². The molecule has 1 aromatic carbocycles. The van der Waals surface area contributed by atoms with E-state index in [9.17, 15) is 4.79 Å². The predicted octanol–water partition coefficient (Wildman–Crippen LogP) is 2.63. The Kier molecular flexibility index (Phi) is 12.9. The third-order valence-electron chi connectivity index (χ3n) is 5.02. The number of rotatable bonds is 8. The fourth-order valence-corrected chi connectivity index (χ4v) is 3.23. The van der Waals surface area contributed by atoms with Gasteiger partial charge < -0.3 is 25.6 Å². The van der Waals surface area contributed by atoms with Crippen molar-refractivity contribution in [2.45, 2.75) is 45.9 Å². The van der Waals surface area contributed by atoms with E-state index >= 15 is 0 Å². The largest absolute Gasteiger partial charge is 0.444 e. The predicted molar refractivity (Wildman–Crippen MR) is 142 cm³/mol. The van der Waals surface area contributed by atoms with Crippen LogP contribution >= 0.6 is 24.0 Å². The molecule has 8 nitrogen and oxygen atoms in total. The van der Waals surface area contributed by atoms with Crippen molar-refractivity contribution in [2.24, 2.45) is 4.99 Å². The molecule has 1 aromatic rings. The fraction of sp³-hybridized carbons (Fsp3) is 0.652. The summed E-state index contributed by atoms with van der Waals surface area (Å²) in [6, 6.07) is 8.79. The van der Waals surface area contributed by atoms with Crippen molar-refractivity contribution in [3.8, 4) is 0 Å². The van der Waals surface area contributed by atoms with Crippen molar-refractivity contribution in [3.05, 3.63) is 35.4 Å². The van der Waals surface area contributed by atoms with Gasteiger partial charge in [-0.1, -0.05) is 24.3 Å². The molecule has 0 unspecified atom stereocenters. The van der Waals surface area contributed by atoms with E-state index in [-0.39, 0.29) is 30.1 Å². The van der Waals surface area contributed by atoms with Gasteiger partial charge in [-0.15, -0.1) is 24.0 Å². The van der Waals surface area contributed by atoms with E-state index in [0.717, 1.165) is 45.1 Å². The molecule has 1 amide bonds. The Hall–Kier alpha value is -1.59. The number of carbonyl (C=O) groups excluding carboxylic acids is 1. The number of alkyl carbamates (subject to hydrolysis) is 1. The summed E-state index contributed by atoms with van der Waals surface area (Å²) < 4.78 is 5.22. The normalized spacial score (nSPS) is 15.6. The molecular weight excluding hydrogens is 519 g/mol. The maximum atomic E-state index is 11.6. The zero-order valence-electron chi connectivity index (χ0n) is 20.2. The molecule has 3 N–H and O–H groups in total. The molecule has 182 valence electrons. The molecule has 1 heterocycles. The van der Waals surface area contributed by atoms with Gasteiger partial charge in [-0.3, -0.25) is 9.89 Å². The molecule has 1 fully saturated rings. The first-order chi connectivity index (χ1) is 14.7. The quantitative estimate of drug-likeness (QED) is 0.196. The van der Waals surface area contributed by atoms with Crippen LogP contribution in [0, 0.1) is 0 Å². The van der Waals surface area contributed by atoms with Gasteiger partial charge in [-0.2, -0.15) is 0 Å². The highest BCUT2D eigenvalue weighted by atomic mass is 127. The van der Waals surface area contributed by atoms with E-state index < -0.39 is 5.60 Å². The van der Waals surface area contributed by atoms with Crippen LogP contribution in [0.3, 0.4) is 0 Å². The van der Waals surface area contributed by atoms with Gasteiger partial charge in [0.2, 0.25) is 0 Å². The molecule has 0 atom stereocenters. The van der Waals surface area contributed by atoms with Gasteiger partial charge in [-0.05, 0) is 45.4 Å². The summed E-state index contributed by atoms with van der Waals surface area (Å²) in [6.07, 6.45) is 0.395. The van der Waals surface area contributed by atoms with Crippen molar-refractivity contribution in [3.63, 3.8) is 0 Å². The molecule has 0 radical (unpaired) electrons. The molecule has 9 heteroatoms. The van der Waals surface area contributed by atoms with E-state index in [2.05, 4.69) is 62.1 Å². The first-order valence-corrected chi connectivity index (χ1v) is 11.2. The average Bonchev–Trinajstić information content (AvgIpc) is 2.71. The SMILES string of the molecule is CN=C(NCCCNC(=O)OC(C)(C)C)NCc1ccc(CN2CCN(C)CC2)cc1.I. The number of hydrogen-bond acceptors (Lipinski definition) is 5. The summed E-state index contributed by atoms with van der Waals surface area (Å²) in [4.78, 5) is 20.8. The summed E-state index contributed by atoms with van der Waals surface area (Å²) in [5.74, 6) is 0.749. The molecule has 0 bridgehead atoms. The number of likely N-dealkylation sites (N-methyl/N-ethyl adjacent to an activating group) is 1. The maximum Gasteiger partial charge on any atom is 0.407 e. The van der Waals surface area contributed by atoms with Gasteiger partial charge >= 0.3 is 6.09 Å². The maximum absolute atomic E-state index is 11.6. The number of nitrogens with zero attached hydrogens (tertiary/aromatic N) is 3. The van der Waals surface area contributed by atoms with Crippen molar-refractivity contribution in [1.82, 2.24) is 25.8 Å². The molecule has 1 saturated heterocycles. The highest BCUT2D eigenvalue weighted by Crippen LogP contribution is 2.10. The van der Waals surface area contributed by atoms with Crippen LogP contribution in [0.5, 0.6) is 0 Å². The third-order valence-corrected chi connectivity index (χ3v) is 5.02. The number of nitrogens with one attached hydrogen (secondary N) is 3. The standard InChI is InChI=1S/C23H40N6O2.HI/c1-23(2,3)31-22(30)26-12-6-11-25-21(24-4)27-17-19-7-9-20(10-8-19)18-29-15-13-28(5)14-16-29;/h7-10H,6,11-18H2,1-5H3,(H,26,30)(H2,24,25,27);1H. The van der Waals surface area contributed by atoms with Gasteiger partial charge in [0.1, 0.15) is 5.60 Å². The highest BCUT2D eigenvalue weighted by molar-refractivity contribution is 14.0. The lowest BCUT2D eigenvalue weighted by molar-refractivity contribution is 0.0527. The number of benzene rings is 1. The second-order valence-electron chi connectivity index (χ2n) is 9.03. The molecule has 1 aliphatic heterocycles. The molecule has 2 rings (SSSR count). The topological polar surface area (TPSA) is 81.2 Å². The van der Waals surface area contributed by atoms with E-state index in [1.54, 1.807) is 7.05 Å². The second-order valence-corrected chi connectivity index (χ2v) is 9.03. The number of guanidine groups is 1. The lowest BCUT2D eigenvalue weighted by atomic mass is 10.1. The average molecular weight is 561 g/mol. The number of aliphatic imine (C=N–C) groups is 1. The first kappa shape index (κ1) is 28.4. The minimum atomic E-state index is -0.475. The van der Waals surface area contributed by atoms with Crippen molar-refractivity contribution in [1.29, 1.82) is 0 Å². The fourth-order valence-electron chi connectivity index (χ4n) is 3.23. The number of amides is 1. The number of piperazine rings is 1. The molecule has 0 spiro atoms. The number of halogens is 1. The Morgan fingerprint density at radius 3 is 2.19 bits per heavy atom. The van der Waals surface area contributed by atoms with Crippen molar-refractivity contribution in [2.75, 3.05) is 53.4 Å². The Morgan fingerprint density at radius 2 is 1.59 bits per heavy atom. The lowest BCUT2D eigenvalue weighted by Crippen LogP contribution is -2.43. The van der Waals surface area contributed by atoms with Gasteiger partial charge in [0.15, 0.2) is 5.96 Å². The zero-order chi connectivity index (χ0) is 22.7. The number of hydrogen-bond donors (Lipinski definition) is 3. The third kappa shape index (κ3) is 11.9. The van der Waals surface area contributed by atoms with Crippen LogP contribution in [-0.2, 0) is 17.8 Å². The summed E-state index contributed by atoms with van der Waals surface area (Å²) in [5.41, 5.74) is 2.10. The van der Waals surface area contributed by atoms with E-state index in [1.165, 1.54) is 11.1 Å². The summed E-state index contributed by atoms with van der Waals surface area (Å²) in [7, 11) is 3.94. The van der Waals surface area contributed by atoms with Crippen LogP contribution in [0.2, 0.25) is 0 Å². The zero-order valence-corrected chi connectivity index (χ0v) is 22.6. The smallest absolute Gasteiger partial charge is 0.407 e. The number of ether oxygens (including phenoxy) is 1. The minimum Gasteiger partial charge on any atom is -0.444 e. The van der Waals surface area contributed by atoms with E-state index in [0.29, 0.717) is 19.6 Å². The lowest BCUT2D eigenvalue weighted by Gasteiger charge is -2.32. The molecule has 0 aromatic heterocycles. The van der Waals surface area contributed by atoms with Crippen LogP contribution in [-0.4, -0.2) is 80.8 Å². The van der Waals surface area contributed by atoms with E-state index in [4.69, 9.17) is 4.74 Å². The van der Waals surface area contributed by atoms with Gasteiger partial charge in [0.25, 0.3) is 0 Å². The number of carbonyl (C=O) groups is 1. The second kappa shape index (κ2) is 14.5.